The summed E-state index contributed by atoms with van der Waals surface area (Å²) in [5.41, 5.74) is 6.05. The Labute approximate surface area is 242 Å². The lowest BCUT2D eigenvalue weighted by molar-refractivity contribution is 0.147. The summed E-state index contributed by atoms with van der Waals surface area (Å²) >= 11 is 7.01. The minimum absolute atomic E-state index is 0.251. The summed E-state index contributed by atoms with van der Waals surface area (Å²) in [6.07, 6.45) is 6.52. The topological polar surface area (TPSA) is 92.2 Å². The van der Waals surface area contributed by atoms with Gasteiger partial charge in [0.25, 0.3) is 0 Å². The van der Waals surface area contributed by atoms with E-state index in [0.717, 1.165) is 40.7 Å². The maximum absolute atomic E-state index is 15.4. The molecular formula is C32H29ClFN5O2. The van der Waals surface area contributed by atoms with Crippen molar-refractivity contribution in [3.05, 3.63) is 95.2 Å². The molecule has 0 spiro atoms. The van der Waals surface area contributed by atoms with E-state index in [-0.39, 0.29) is 6.54 Å². The predicted octanol–water partition coefficient (Wildman–Crippen LogP) is 6.83. The number of halogens is 2. The number of aromatic nitrogens is 3. The fourth-order valence-corrected chi connectivity index (χ4v) is 5.34. The van der Waals surface area contributed by atoms with Crippen LogP contribution in [-0.4, -0.2) is 39.3 Å². The lowest BCUT2D eigenvalue weighted by Crippen LogP contribution is -2.28. The summed E-state index contributed by atoms with van der Waals surface area (Å²) in [7, 11) is 1.52. The molecule has 0 amide bonds. The second-order valence-corrected chi connectivity index (χ2v) is 10.7. The van der Waals surface area contributed by atoms with E-state index in [0.29, 0.717) is 45.3 Å². The van der Waals surface area contributed by atoms with Crippen LogP contribution in [0.4, 0.5) is 15.9 Å². The number of nitrogens with zero attached hydrogens (tertiary/aromatic N) is 3. The number of aliphatic hydroxyl groups is 1. The Bertz CT molecular complexity index is 1750. The average Bonchev–Trinajstić information content (AvgIpc) is 3.72. The van der Waals surface area contributed by atoms with Crippen LogP contribution in [0.15, 0.2) is 73.2 Å². The molecule has 9 heteroatoms. The standard InChI is InChI=1S/C32H29ClFN5O2/c1-19-21(5-4-8-26(19)39-31-30-27(9-12-38-31)36-13-14-37-30)23-7-3-6-22(29(23)33)20-15-25(34)24(28(16-20)41-2)17-35-18-32(40)10-11-32/h3-9,12-16,35,40H,10-11,17-18H2,1-2H3,(H,38,39). The van der Waals surface area contributed by atoms with Gasteiger partial charge in [-0.15, -0.1) is 0 Å². The molecule has 0 bridgehead atoms. The highest BCUT2D eigenvalue weighted by atomic mass is 35.5. The third kappa shape index (κ3) is 5.46. The van der Waals surface area contributed by atoms with Crippen molar-refractivity contribution in [3.63, 3.8) is 0 Å². The van der Waals surface area contributed by atoms with Gasteiger partial charge in [0, 0.05) is 54.1 Å². The van der Waals surface area contributed by atoms with Gasteiger partial charge in [0.15, 0.2) is 5.82 Å². The Balaban J connectivity index is 1.33. The molecule has 1 saturated carbocycles. The van der Waals surface area contributed by atoms with Crippen LogP contribution in [-0.2, 0) is 6.54 Å². The average molecular weight is 570 g/mol. The number of hydrogen-bond acceptors (Lipinski definition) is 7. The van der Waals surface area contributed by atoms with Crippen molar-refractivity contribution in [2.45, 2.75) is 31.9 Å². The summed E-state index contributed by atoms with van der Waals surface area (Å²) in [6, 6.07) is 16.8. The number of benzene rings is 3. The first-order valence-electron chi connectivity index (χ1n) is 13.4. The highest BCUT2D eigenvalue weighted by Gasteiger charge is 2.39. The lowest BCUT2D eigenvalue weighted by atomic mass is 9.94. The first-order valence-corrected chi connectivity index (χ1v) is 13.8. The quantitative estimate of drug-likeness (QED) is 0.179. The molecular weight excluding hydrogens is 541 g/mol. The van der Waals surface area contributed by atoms with Crippen LogP contribution in [0.25, 0.3) is 33.3 Å². The van der Waals surface area contributed by atoms with Crippen LogP contribution in [0.1, 0.15) is 24.0 Å². The molecule has 208 valence electrons. The van der Waals surface area contributed by atoms with Crippen LogP contribution < -0.4 is 15.4 Å². The molecule has 1 fully saturated rings. The minimum atomic E-state index is -0.665. The fraction of sp³-hybridized carbons (Fsp3) is 0.219. The van der Waals surface area contributed by atoms with Crippen LogP contribution in [0.3, 0.4) is 0 Å². The molecule has 41 heavy (non-hydrogen) atoms. The number of hydrogen-bond donors (Lipinski definition) is 3. The van der Waals surface area contributed by atoms with E-state index in [4.69, 9.17) is 16.3 Å². The summed E-state index contributed by atoms with van der Waals surface area (Å²) in [5, 5.41) is 17.1. The Kier molecular flexibility index (Phi) is 7.30. The van der Waals surface area contributed by atoms with Gasteiger partial charge in [0.2, 0.25) is 0 Å². The molecule has 0 radical (unpaired) electrons. The highest BCUT2D eigenvalue weighted by molar-refractivity contribution is 6.36. The van der Waals surface area contributed by atoms with E-state index in [9.17, 15) is 5.11 Å². The van der Waals surface area contributed by atoms with Crippen molar-refractivity contribution in [3.8, 4) is 28.0 Å². The Morgan fingerprint density at radius 1 is 0.976 bits per heavy atom. The smallest absolute Gasteiger partial charge is 0.158 e. The number of methoxy groups -OCH3 is 1. The molecule has 6 rings (SSSR count). The number of pyridine rings is 1. The first kappa shape index (κ1) is 27.1. The van der Waals surface area contributed by atoms with Gasteiger partial charge < -0.3 is 20.5 Å². The normalized spacial score (nSPS) is 13.8. The number of anilines is 2. The second-order valence-electron chi connectivity index (χ2n) is 10.3. The first-order chi connectivity index (χ1) is 19.9. The van der Waals surface area contributed by atoms with Gasteiger partial charge in [-0.2, -0.15) is 0 Å². The molecule has 2 heterocycles. The maximum Gasteiger partial charge on any atom is 0.158 e. The van der Waals surface area contributed by atoms with E-state index in [2.05, 4.69) is 25.6 Å². The molecule has 0 unspecified atom stereocenters. The van der Waals surface area contributed by atoms with Crippen molar-refractivity contribution in [2.24, 2.45) is 0 Å². The van der Waals surface area contributed by atoms with Crippen LogP contribution in [0.2, 0.25) is 5.02 Å². The van der Waals surface area contributed by atoms with Crippen molar-refractivity contribution < 1.29 is 14.2 Å². The van der Waals surface area contributed by atoms with Gasteiger partial charge in [-0.3, -0.25) is 4.98 Å². The van der Waals surface area contributed by atoms with E-state index in [1.165, 1.54) is 13.2 Å². The number of fused-ring (bicyclic) bond motifs is 1. The van der Waals surface area contributed by atoms with Crippen molar-refractivity contribution in [2.75, 3.05) is 19.0 Å². The molecule has 0 atom stereocenters. The van der Waals surface area contributed by atoms with E-state index < -0.39 is 11.4 Å². The fourth-order valence-electron chi connectivity index (χ4n) is 5.00. The SMILES string of the molecule is COc1cc(-c2cccc(-c3cccc(Nc4nccc5nccnc45)c3C)c2Cl)cc(F)c1CNCC1(O)CC1. The minimum Gasteiger partial charge on any atom is -0.496 e. The largest absolute Gasteiger partial charge is 0.496 e. The van der Waals surface area contributed by atoms with Crippen LogP contribution in [0, 0.1) is 12.7 Å². The molecule has 0 aliphatic heterocycles. The maximum atomic E-state index is 15.4. The van der Waals surface area contributed by atoms with E-state index >= 15 is 4.39 Å². The molecule has 1 aliphatic carbocycles. The lowest BCUT2D eigenvalue weighted by Gasteiger charge is -2.17. The molecule has 2 aromatic heterocycles. The summed E-state index contributed by atoms with van der Waals surface area (Å²) in [5.74, 6) is 0.633. The molecule has 7 nitrogen and oxygen atoms in total. The zero-order valence-electron chi connectivity index (χ0n) is 22.7. The third-order valence-electron chi connectivity index (χ3n) is 7.53. The monoisotopic (exact) mass is 569 g/mol. The predicted molar refractivity (Wildman–Crippen MR) is 160 cm³/mol. The number of nitrogens with one attached hydrogen (secondary N) is 2. The molecule has 1 aliphatic rings. The molecule has 0 saturated heterocycles. The molecule has 3 N–H and O–H groups in total. The van der Waals surface area contributed by atoms with Crippen LogP contribution >= 0.6 is 11.6 Å². The third-order valence-corrected chi connectivity index (χ3v) is 7.94. The Morgan fingerprint density at radius 3 is 2.54 bits per heavy atom. The van der Waals surface area contributed by atoms with E-state index in [1.807, 2.05) is 49.4 Å². The summed E-state index contributed by atoms with van der Waals surface area (Å²) < 4.78 is 20.9. The van der Waals surface area contributed by atoms with E-state index in [1.54, 1.807) is 24.7 Å². The zero-order valence-corrected chi connectivity index (χ0v) is 23.5. The molecule has 5 aromatic rings. The van der Waals surface area contributed by atoms with Gasteiger partial charge in [0.05, 0.1) is 23.3 Å². The van der Waals surface area contributed by atoms with Gasteiger partial charge in [-0.1, -0.05) is 41.9 Å². The number of rotatable bonds is 9. The zero-order chi connectivity index (χ0) is 28.6. The Morgan fingerprint density at radius 2 is 1.73 bits per heavy atom. The van der Waals surface area contributed by atoms with Crippen LogP contribution in [0.5, 0.6) is 5.75 Å². The van der Waals surface area contributed by atoms with Gasteiger partial charge >= 0.3 is 0 Å². The Hall–Kier alpha value is -4.11. The molecule has 3 aromatic carbocycles. The van der Waals surface area contributed by atoms with Crippen molar-refractivity contribution in [1.29, 1.82) is 0 Å². The number of ether oxygens (including phenoxy) is 1. The van der Waals surface area contributed by atoms with Gasteiger partial charge in [0.1, 0.15) is 17.1 Å². The summed E-state index contributed by atoms with van der Waals surface area (Å²) in [4.78, 5) is 13.3. The van der Waals surface area contributed by atoms with Gasteiger partial charge in [-0.25, -0.2) is 14.4 Å². The summed E-state index contributed by atoms with van der Waals surface area (Å²) in [6.45, 7) is 2.68. The highest BCUT2D eigenvalue weighted by Crippen LogP contribution is 2.41. The van der Waals surface area contributed by atoms with Crippen molar-refractivity contribution >= 4 is 34.1 Å². The second kappa shape index (κ2) is 11.0. The van der Waals surface area contributed by atoms with Crippen molar-refractivity contribution in [1.82, 2.24) is 20.3 Å². The van der Waals surface area contributed by atoms with Gasteiger partial charge in [-0.05, 0) is 60.7 Å².